The molecule has 0 bridgehead atoms. The lowest BCUT2D eigenvalue weighted by molar-refractivity contribution is -0.100. The summed E-state index contributed by atoms with van der Waals surface area (Å²) < 4.78 is 0. The highest BCUT2D eigenvalue weighted by molar-refractivity contribution is 6.21. The van der Waals surface area contributed by atoms with Gasteiger partial charge in [-0.05, 0) is 6.08 Å². The van der Waals surface area contributed by atoms with Gasteiger partial charge in [-0.2, -0.15) is 0 Å². The average molecular weight is 191 g/mol. The Morgan fingerprint density at radius 3 is 2.67 bits per heavy atom. The molecular weight excluding hydrogens is 176 g/mol. The van der Waals surface area contributed by atoms with Crippen molar-refractivity contribution in [2.75, 3.05) is 13.1 Å². The maximum absolute atomic E-state index is 5.86. The first kappa shape index (κ1) is 9.80. The second-order valence-corrected chi connectivity index (χ2v) is 2.94. The summed E-state index contributed by atoms with van der Waals surface area (Å²) in [6, 6.07) is 0. The van der Waals surface area contributed by atoms with E-state index in [9.17, 15) is 0 Å². The summed E-state index contributed by atoms with van der Waals surface area (Å²) in [5.74, 6) is 0. The molecule has 12 heavy (non-hydrogen) atoms. The lowest BCUT2D eigenvalue weighted by atomic mass is 10.6. The van der Waals surface area contributed by atoms with E-state index in [-0.39, 0.29) is 5.50 Å². The van der Waals surface area contributed by atoms with E-state index >= 15 is 0 Å². The maximum atomic E-state index is 5.86. The molecule has 1 atom stereocenters. The molecular formula is C7H15ClN4. The van der Waals surface area contributed by atoms with Crippen molar-refractivity contribution in [1.29, 1.82) is 0 Å². The van der Waals surface area contributed by atoms with Crippen LogP contribution in [-0.2, 0) is 0 Å². The van der Waals surface area contributed by atoms with Gasteiger partial charge in [0.05, 0.1) is 0 Å². The molecule has 0 saturated heterocycles. The Kier molecular flexibility index (Phi) is 3.81. The molecule has 2 N–H and O–H groups in total. The molecule has 1 aliphatic rings. The molecule has 0 amide bonds. The summed E-state index contributed by atoms with van der Waals surface area (Å²) in [6.45, 7) is 6.06. The number of halogens is 1. The summed E-state index contributed by atoms with van der Waals surface area (Å²) >= 11 is 5.86. The Morgan fingerprint density at radius 2 is 2.17 bits per heavy atom. The van der Waals surface area contributed by atoms with Crippen LogP contribution in [0.25, 0.3) is 0 Å². The quantitative estimate of drug-likeness (QED) is 0.506. The monoisotopic (exact) mass is 190 g/mol. The zero-order valence-electron chi connectivity index (χ0n) is 7.42. The van der Waals surface area contributed by atoms with Gasteiger partial charge in [0.1, 0.15) is 5.50 Å². The Balaban J connectivity index is 2.46. The van der Waals surface area contributed by atoms with Crippen LogP contribution < -0.4 is 10.9 Å². The predicted molar refractivity (Wildman–Crippen MR) is 49.8 cm³/mol. The van der Waals surface area contributed by atoms with Crippen LogP contribution in [0.2, 0.25) is 0 Å². The molecule has 0 aliphatic carbocycles. The van der Waals surface area contributed by atoms with Crippen molar-refractivity contribution >= 4 is 11.6 Å². The fourth-order valence-electron chi connectivity index (χ4n) is 1.06. The summed E-state index contributed by atoms with van der Waals surface area (Å²) in [7, 11) is 0. The first-order valence-corrected chi connectivity index (χ1v) is 4.59. The van der Waals surface area contributed by atoms with Crippen LogP contribution >= 0.6 is 11.6 Å². The number of nitrogens with zero attached hydrogens (tertiary/aromatic N) is 2. The highest BCUT2D eigenvalue weighted by atomic mass is 35.5. The SMILES string of the molecule is CCN(CC)N1NC=CC(Cl)N1. The second-order valence-electron chi connectivity index (χ2n) is 2.47. The van der Waals surface area contributed by atoms with Crippen molar-refractivity contribution in [2.24, 2.45) is 0 Å². The number of rotatable bonds is 3. The summed E-state index contributed by atoms with van der Waals surface area (Å²) in [5, 5.41) is 3.90. The molecule has 70 valence electrons. The minimum absolute atomic E-state index is 0.133. The van der Waals surface area contributed by atoms with Gasteiger partial charge < -0.3 is 0 Å². The molecule has 5 heteroatoms. The lowest BCUT2D eigenvalue weighted by Gasteiger charge is -2.36. The van der Waals surface area contributed by atoms with Crippen molar-refractivity contribution in [2.45, 2.75) is 19.3 Å². The van der Waals surface area contributed by atoms with Crippen molar-refractivity contribution in [1.82, 2.24) is 21.1 Å². The van der Waals surface area contributed by atoms with E-state index < -0.39 is 0 Å². The van der Waals surface area contributed by atoms with E-state index in [0.717, 1.165) is 13.1 Å². The van der Waals surface area contributed by atoms with Gasteiger partial charge in [0.25, 0.3) is 0 Å². The van der Waals surface area contributed by atoms with Crippen LogP contribution in [0.3, 0.4) is 0 Å². The Hall–Kier alpha value is -0.290. The van der Waals surface area contributed by atoms with Gasteiger partial charge in [-0.3, -0.25) is 5.43 Å². The summed E-state index contributed by atoms with van der Waals surface area (Å²) in [6.07, 6.45) is 3.67. The third-order valence-electron chi connectivity index (χ3n) is 1.72. The van der Waals surface area contributed by atoms with Gasteiger partial charge in [-0.15, -0.1) is 0 Å². The number of hydrazine groups is 3. The van der Waals surface area contributed by atoms with Crippen LogP contribution in [-0.4, -0.2) is 28.8 Å². The van der Waals surface area contributed by atoms with Crippen LogP contribution in [0.4, 0.5) is 0 Å². The Bertz CT molecular complexity index is 157. The Morgan fingerprint density at radius 1 is 1.50 bits per heavy atom. The van der Waals surface area contributed by atoms with E-state index in [0.29, 0.717) is 0 Å². The number of nitrogens with one attached hydrogen (secondary N) is 2. The van der Waals surface area contributed by atoms with Crippen LogP contribution in [0.15, 0.2) is 12.3 Å². The zero-order valence-corrected chi connectivity index (χ0v) is 8.17. The zero-order chi connectivity index (χ0) is 8.97. The first-order chi connectivity index (χ1) is 5.77. The molecule has 1 aliphatic heterocycles. The highest BCUT2D eigenvalue weighted by Gasteiger charge is 2.15. The third kappa shape index (κ3) is 2.35. The molecule has 4 nitrogen and oxygen atoms in total. The first-order valence-electron chi connectivity index (χ1n) is 4.16. The van der Waals surface area contributed by atoms with E-state index in [1.54, 1.807) is 5.23 Å². The number of hydrogen-bond donors (Lipinski definition) is 2. The highest BCUT2D eigenvalue weighted by Crippen LogP contribution is 2.01. The third-order valence-corrected chi connectivity index (χ3v) is 1.96. The standard InChI is InChI=1S/C7H15ClN4/c1-3-11(4-2)12-9-6-5-7(8)10-12/h5-7,9-10H,3-4H2,1-2H3. The fourth-order valence-corrected chi connectivity index (χ4v) is 1.23. The van der Waals surface area contributed by atoms with Gasteiger partial charge in [0.2, 0.25) is 0 Å². The number of hydrogen-bond acceptors (Lipinski definition) is 4. The van der Waals surface area contributed by atoms with E-state index in [2.05, 4.69) is 29.7 Å². The topological polar surface area (TPSA) is 30.5 Å². The Labute approximate surface area is 78.1 Å². The molecule has 1 heterocycles. The van der Waals surface area contributed by atoms with Gasteiger partial charge >= 0.3 is 0 Å². The molecule has 0 fully saturated rings. The van der Waals surface area contributed by atoms with Gasteiger partial charge in [0, 0.05) is 19.3 Å². The van der Waals surface area contributed by atoms with Crippen LogP contribution in [0.5, 0.6) is 0 Å². The fraction of sp³-hybridized carbons (Fsp3) is 0.714. The molecule has 0 saturated carbocycles. The molecule has 1 rings (SSSR count). The second kappa shape index (κ2) is 4.67. The van der Waals surface area contributed by atoms with Crippen molar-refractivity contribution < 1.29 is 0 Å². The van der Waals surface area contributed by atoms with Crippen molar-refractivity contribution in [3.63, 3.8) is 0 Å². The minimum atomic E-state index is -0.133. The van der Waals surface area contributed by atoms with Crippen LogP contribution in [0.1, 0.15) is 13.8 Å². The van der Waals surface area contributed by atoms with Gasteiger partial charge in [-0.1, -0.05) is 30.7 Å². The van der Waals surface area contributed by atoms with Crippen LogP contribution in [0, 0.1) is 0 Å². The molecule has 0 spiro atoms. The predicted octanol–water partition coefficient (Wildman–Crippen LogP) is 0.647. The van der Waals surface area contributed by atoms with E-state index in [4.69, 9.17) is 11.6 Å². The van der Waals surface area contributed by atoms with Crippen molar-refractivity contribution in [3.05, 3.63) is 12.3 Å². The molecule has 0 aromatic rings. The smallest absolute Gasteiger partial charge is 0.119 e. The summed E-state index contributed by atoms with van der Waals surface area (Å²) in [4.78, 5) is 0. The number of alkyl halides is 1. The lowest BCUT2D eigenvalue weighted by Crippen LogP contribution is -2.60. The maximum Gasteiger partial charge on any atom is 0.119 e. The van der Waals surface area contributed by atoms with Gasteiger partial charge in [0.15, 0.2) is 0 Å². The van der Waals surface area contributed by atoms with Gasteiger partial charge in [-0.25, -0.2) is 10.4 Å². The minimum Gasteiger partial charge on any atom is -0.299 e. The average Bonchev–Trinajstić information content (AvgIpc) is 2.07. The molecule has 0 radical (unpaired) electrons. The summed E-state index contributed by atoms with van der Waals surface area (Å²) in [5.41, 5.74) is 5.95. The largest absolute Gasteiger partial charge is 0.299 e. The van der Waals surface area contributed by atoms with E-state index in [1.165, 1.54) is 0 Å². The molecule has 1 unspecified atom stereocenters. The normalized spacial score (nSPS) is 24.5. The molecule has 0 aromatic carbocycles. The van der Waals surface area contributed by atoms with E-state index in [1.807, 2.05) is 12.3 Å². The van der Waals surface area contributed by atoms with Crippen molar-refractivity contribution in [3.8, 4) is 0 Å². The molecule has 0 aromatic heterocycles.